The SMILES string of the molecule is CC1(NC(=O)NCc2ccc3c(c2)CN(C2CCC(=O)N(COC(=O)C(C)(C)C)C2=O)C3=O)C=CC=C(Cl)C1. The molecule has 0 aromatic heterocycles. The number of allylic oxidation sites excluding steroid dienone is 2. The largest absolute Gasteiger partial charge is 0.443 e. The van der Waals surface area contributed by atoms with Crippen LogP contribution in [0.5, 0.6) is 0 Å². The molecule has 0 radical (unpaired) electrons. The van der Waals surface area contributed by atoms with Gasteiger partial charge in [0.25, 0.3) is 11.8 Å². The molecule has 1 aliphatic carbocycles. The molecule has 5 amide bonds. The number of hydrogen-bond acceptors (Lipinski definition) is 6. The second kappa shape index (κ2) is 10.8. The molecule has 2 N–H and O–H groups in total. The Bertz CT molecular complexity index is 1280. The first-order valence-electron chi connectivity index (χ1n) is 12.8. The van der Waals surface area contributed by atoms with E-state index in [0.29, 0.717) is 17.0 Å². The zero-order valence-corrected chi connectivity index (χ0v) is 23.3. The van der Waals surface area contributed by atoms with Crippen LogP contribution in [0.15, 0.2) is 41.5 Å². The van der Waals surface area contributed by atoms with Crippen LogP contribution in [0.25, 0.3) is 0 Å². The van der Waals surface area contributed by atoms with Crippen molar-refractivity contribution in [2.24, 2.45) is 5.41 Å². The maximum atomic E-state index is 13.2. The van der Waals surface area contributed by atoms with Gasteiger partial charge in [-0.25, -0.2) is 9.69 Å². The summed E-state index contributed by atoms with van der Waals surface area (Å²) in [6, 6.07) is 4.08. The third-order valence-corrected chi connectivity index (χ3v) is 7.19. The molecule has 1 saturated heterocycles. The van der Waals surface area contributed by atoms with Gasteiger partial charge in [0.15, 0.2) is 6.73 Å². The number of carbonyl (C=O) groups is 5. The summed E-state index contributed by atoms with van der Waals surface area (Å²) < 4.78 is 5.20. The molecule has 0 saturated carbocycles. The van der Waals surface area contributed by atoms with Crippen molar-refractivity contribution in [3.63, 3.8) is 0 Å². The van der Waals surface area contributed by atoms with Crippen LogP contribution in [0.3, 0.4) is 0 Å². The Labute approximate surface area is 232 Å². The van der Waals surface area contributed by atoms with Gasteiger partial charge in [0.05, 0.1) is 11.0 Å². The van der Waals surface area contributed by atoms with Gasteiger partial charge in [-0.2, -0.15) is 0 Å². The molecule has 1 aromatic carbocycles. The quantitative estimate of drug-likeness (QED) is 0.409. The molecule has 39 heavy (non-hydrogen) atoms. The smallest absolute Gasteiger partial charge is 0.315 e. The Morgan fingerprint density at radius 1 is 1.21 bits per heavy atom. The van der Waals surface area contributed by atoms with Gasteiger partial charge in [0.2, 0.25) is 5.91 Å². The minimum absolute atomic E-state index is 0.0585. The molecule has 0 bridgehead atoms. The monoisotopic (exact) mass is 556 g/mol. The van der Waals surface area contributed by atoms with Crippen LogP contribution in [0.2, 0.25) is 0 Å². The van der Waals surface area contributed by atoms with E-state index in [-0.39, 0.29) is 37.9 Å². The normalized spacial score (nSPS) is 22.9. The van der Waals surface area contributed by atoms with Crippen molar-refractivity contribution in [3.8, 4) is 0 Å². The summed E-state index contributed by atoms with van der Waals surface area (Å²) in [5.41, 5.74) is 0.626. The second-order valence-corrected chi connectivity index (χ2v) is 11.8. The Kier molecular flexibility index (Phi) is 7.88. The standard InChI is InChI=1S/C28H33ClN4O6/c1-27(2,3)25(37)39-16-33-22(34)10-9-21(24(33)36)32-15-18-12-17(7-8-20(18)23(32)35)14-30-26(38)31-28(4)11-5-6-19(29)13-28/h5-8,11-12,21H,9-10,13-16H2,1-4H3,(H2,30,31,38). The van der Waals surface area contributed by atoms with E-state index in [9.17, 15) is 24.0 Å². The molecule has 2 aliphatic heterocycles. The fourth-order valence-electron chi connectivity index (χ4n) is 4.75. The van der Waals surface area contributed by atoms with Crippen molar-refractivity contribution in [2.75, 3.05) is 6.73 Å². The Balaban J connectivity index is 1.37. The molecule has 1 aromatic rings. The minimum atomic E-state index is -0.839. The van der Waals surface area contributed by atoms with E-state index in [1.54, 1.807) is 45.1 Å². The number of piperidine rings is 1. The van der Waals surface area contributed by atoms with Gasteiger partial charge in [-0.05, 0) is 57.4 Å². The molecule has 4 rings (SSSR count). The summed E-state index contributed by atoms with van der Waals surface area (Å²) in [5, 5.41) is 6.40. The predicted molar refractivity (Wildman–Crippen MR) is 143 cm³/mol. The summed E-state index contributed by atoms with van der Waals surface area (Å²) in [4.78, 5) is 65.8. The summed E-state index contributed by atoms with van der Waals surface area (Å²) in [7, 11) is 0. The van der Waals surface area contributed by atoms with Crippen molar-refractivity contribution >= 4 is 41.3 Å². The van der Waals surface area contributed by atoms with Crippen LogP contribution in [0, 0.1) is 5.41 Å². The van der Waals surface area contributed by atoms with Crippen LogP contribution in [0.4, 0.5) is 4.79 Å². The fourth-order valence-corrected chi connectivity index (χ4v) is 5.10. The highest BCUT2D eigenvalue weighted by atomic mass is 35.5. The Hall–Kier alpha value is -3.66. The number of hydrogen-bond donors (Lipinski definition) is 2. The summed E-state index contributed by atoms with van der Waals surface area (Å²) >= 11 is 6.11. The molecule has 2 atom stereocenters. The third-order valence-electron chi connectivity index (χ3n) is 6.93. The van der Waals surface area contributed by atoms with Crippen LogP contribution >= 0.6 is 11.6 Å². The number of imide groups is 1. The van der Waals surface area contributed by atoms with Crippen molar-refractivity contribution in [1.82, 2.24) is 20.4 Å². The number of benzene rings is 1. The predicted octanol–water partition coefficient (Wildman–Crippen LogP) is 3.35. The first-order chi connectivity index (χ1) is 18.3. The number of rotatable bonds is 6. The number of nitrogens with one attached hydrogen (secondary N) is 2. The molecule has 1 fully saturated rings. The molecular formula is C28H33ClN4O6. The lowest BCUT2D eigenvalue weighted by atomic mass is 9.93. The number of ether oxygens (including phenoxy) is 1. The maximum absolute atomic E-state index is 13.2. The number of esters is 1. The van der Waals surface area contributed by atoms with E-state index in [1.165, 1.54) is 4.90 Å². The lowest BCUT2D eigenvalue weighted by Crippen LogP contribution is -2.55. The maximum Gasteiger partial charge on any atom is 0.315 e. The highest BCUT2D eigenvalue weighted by Crippen LogP contribution is 2.30. The van der Waals surface area contributed by atoms with Crippen LogP contribution in [-0.4, -0.2) is 57.8 Å². The zero-order chi connectivity index (χ0) is 28.5. The van der Waals surface area contributed by atoms with E-state index in [4.69, 9.17) is 16.3 Å². The van der Waals surface area contributed by atoms with Gasteiger partial charge in [0, 0.05) is 36.5 Å². The molecule has 2 heterocycles. The first kappa shape index (κ1) is 28.4. The summed E-state index contributed by atoms with van der Waals surface area (Å²) in [6.45, 7) is 6.86. The highest BCUT2D eigenvalue weighted by molar-refractivity contribution is 6.29. The average molecular weight is 557 g/mol. The number of urea groups is 1. The van der Waals surface area contributed by atoms with Gasteiger partial charge in [-0.3, -0.25) is 19.2 Å². The van der Waals surface area contributed by atoms with Gasteiger partial charge < -0.3 is 20.3 Å². The molecule has 2 unspecified atom stereocenters. The van der Waals surface area contributed by atoms with Crippen molar-refractivity contribution in [2.45, 2.75) is 71.6 Å². The number of halogens is 1. The second-order valence-electron chi connectivity index (χ2n) is 11.3. The van der Waals surface area contributed by atoms with E-state index in [1.807, 2.05) is 19.1 Å². The molecule has 11 heteroatoms. The third kappa shape index (κ3) is 6.33. The molecule has 3 aliphatic rings. The first-order valence-corrected chi connectivity index (χ1v) is 13.2. The highest BCUT2D eigenvalue weighted by Gasteiger charge is 2.43. The number of fused-ring (bicyclic) bond motifs is 1. The van der Waals surface area contributed by atoms with Crippen molar-refractivity contribution < 1.29 is 28.7 Å². The summed E-state index contributed by atoms with van der Waals surface area (Å²) in [6.07, 6.45) is 6.22. The number of amides is 5. The molecule has 208 valence electrons. The minimum Gasteiger partial charge on any atom is -0.443 e. The van der Waals surface area contributed by atoms with Crippen LogP contribution < -0.4 is 10.6 Å². The zero-order valence-electron chi connectivity index (χ0n) is 22.5. The van der Waals surface area contributed by atoms with Gasteiger partial charge in [-0.1, -0.05) is 35.9 Å². The van der Waals surface area contributed by atoms with Gasteiger partial charge in [0.1, 0.15) is 6.04 Å². The average Bonchev–Trinajstić information content (AvgIpc) is 3.17. The van der Waals surface area contributed by atoms with E-state index in [0.717, 1.165) is 16.0 Å². The van der Waals surface area contributed by atoms with E-state index >= 15 is 0 Å². The van der Waals surface area contributed by atoms with Crippen molar-refractivity contribution in [1.29, 1.82) is 0 Å². The Morgan fingerprint density at radius 2 is 1.95 bits per heavy atom. The lowest BCUT2D eigenvalue weighted by Gasteiger charge is -2.35. The lowest BCUT2D eigenvalue weighted by molar-refractivity contribution is -0.168. The molecular weight excluding hydrogens is 524 g/mol. The molecule has 0 spiro atoms. The molecule has 10 nitrogen and oxygen atoms in total. The fraction of sp³-hybridized carbons (Fsp3) is 0.464. The van der Waals surface area contributed by atoms with Gasteiger partial charge >= 0.3 is 12.0 Å². The van der Waals surface area contributed by atoms with Crippen LogP contribution in [-0.2, 0) is 32.2 Å². The number of carbonyl (C=O) groups excluding carboxylic acids is 5. The van der Waals surface area contributed by atoms with E-state index < -0.39 is 41.5 Å². The number of nitrogens with zero attached hydrogens (tertiary/aromatic N) is 2. The summed E-state index contributed by atoms with van der Waals surface area (Å²) in [5.74, 6) is -1.84. The Morgan fingerprint density at radius 3 is 2.64 bits per heavy atom. The van der Waals surface area contributed by atoms with Crippen molar-refractivity contribution in [3.05, 3.63) is 58.1 Å². The van der Waals surface area contributed by atoms with E-state index in [2.05, 4.69) is 10.6 Å². The topological polar surface area (TPSA) is 125 Å². The van der Waals surface area contributed by atoms with Gasteiger partial charge in [-0.15, -0.1) is 0 Å². The van der Waals surface area contributed by atoms with Crippen LogP contribution in [0.1, 0.15) is 68.4 Å². The number of likely N-dealkylation sites (tertiary alicyclic amines) is 1.